The number of ether oxygens (including phenoxy) is 1. The van der Waals surface area contributed by atoms with E-state index in [1.165, 1.54) is 12.1 Å². The number of hydrogen-bond acceptors (Lipinski definition) is 2. The van der Waals surface area contributed by atoms with E-state index in [1.807, 2.05) is 6.92 Å². The number of carbonyl (C=O) groups is 1. The van der Waals surface area contributed by atoms with E-state index in [0.29, 0.717) is 12.4 Å². The molecule has 0 amide bonds. The predicted molar refractivity (Wildman–Crippen MR) is 57.0 cm³/mol. The van der Waals surface area contributed by atoms with Gasteiger partial charge in [-0.25, -0.2) is 4.39 Å². The first-order valence-electron chi connectivity index (χ1n) is 4.76. The van der Waals surface area contributed by atoms with Crippen molar-refractivity contribution < 1.29 is 13.9 Å². The van der Waals surface area contributed by atoms with Crippen LogP contribution in [0.5, 0.6) is 5.75 Å². The second-order valence-electron chi connectivity index (χ2n) is 3.15. The lowest BCUT2D eigenvalue weighted by Crippen LogP contribution is -1.99. The minimum Gasteiger partial charge on any atom is -0.493 e. The Morgan fingerprint density at radius 1 is 1.47 bits per heavy atom. The Kier molecular flexibility index (Phi) is 4.56. The van der Waals surface area contributed by atoms with Crippen LogP contribution in [0.4, 0.5) is 4.39 Å². The Bertz CT molecular complexity index is 352. The van der Waals surface area contributed by atoms with Crippen LogP contribution < -0.4 is 4.74 Å². The van der Waals surface area contributed by atoms with Crippen molar-refractivity contribution in [3.05, 3.63) is 29.6 Å². The zero-order valence-electron chi connectivity index (χ0n) is 8.43. The SMILES string of the molecule is CCCCOc1cc(F)cc(C(=O)Cl)c1. The highest BCUT2D eigenvalue weighted by atomic mass is 35.5. The summed E-state index contributed by atoms with van der Waals surface area (Å²) in [5.41, 5.74) is 0.114. The molecule has 0 bridgehead atoms. The summed E-state index contributed by atoms with van der Waals surface area (Å²) >= 11 is 5.25. The van der Waals surface area contributed by atoms with Gasteiger partial charge in [0.2, 0.25) is 0 Å². The van der Waals surface area contributed by atoms with E-state index in [2.05, 4.69) is 0 Å². The van der Waals surface area contributed by atoms with Crippen LogP contribution in [0, 0.1) is 5.82 Å². The molecule has 82 valence electrons. The summed E-state index contributed by atoms with van der Waals surface area (Å²) in [5, 5.41) is -0.685. The molecule has 0 atom stereocenters. The van der Waals surface area contributed by atoms with Crippen molar-refractivity contribution in [2.45, 2.75) is 19.8 Å². The van der Waals surface area contributed by atoms with Crippen LogP contribution in [-0.4, -0.2) is 11.8 Å². The lowest BCUT2D eigenvalue weighted by atomic mass is 10.2. The van der Waals surface area contributed by atoms with Crippen LogP contribution in [-0.2, 0) is 0 Å². The molecule has 0 aliphatic rings. The van der Waals surface area contributed by atoms with Gasteiger partial charge in [-0.1, -0.05) is 13.3 Å². The smallest absolute Gasteiger partial charge is 0.252 e. The van der Waals surface area contributed by atoms with E-state index < -0.39 is 11.1 Å². The van der Waals surface area contributed by atoms with Crippen molar-refractivity contribution >= 4 is 16.8 Å². The molecule has 0 aliphatic carbocycles. The fraction of sp³-hybridized carbons (Fsp3) is 0.364. The van der Waals surface area contributed by atoms with Gasteiger partial charge < -0.3 is 4.74 Å². The quantitative estimate of drug-likeness (QED) is 0.573. The summed E-state index contributed by atoms with van der Waals surface area (Å²) in [4.78, 5) is 10.8. The molecule has 0 aromatic heterocycles. The van der Waals surface area contributed by atoms with E-state index in [0.717, 1.165) is 18.9 Å². The number of unbranched alkanes of at least 4 members (excludes halogenated alkanes) is 1. The van der Waals surface area contributed by atoms with Gasteiger partial charge in [-0.3, -0.25) is 4.79 Å². The average molecular weight is 231 g/mol. The first kappa shape index (κ1) is 12.0. The van der Waals surface area contributed by atoms with Gasteiger partial charge in [-0.2, -0.15) is 0 Å². The summed E-state index contributed by atoms with van der Waals surface area (Å²) < 4.78 is 18.3. The van der Waals surface area contributed by atoms with Gasteiger partial charge >= 0.3 is 0 Å². The predicted octanol–water partition coefficient (Wildman–Crippen LogP) is 3.38. The van der Waals surface area contributed by atoms with Crippen molar-refractivity contribution in [1.82, 2.24) is 0 Å². The number of carbonyl (C=O) groups excluding carboxylic acids is 1. The molecule has 0 fully saturated rings. The molecule has 2 nitrogen and oxygen atoms in total. The van der Waals surface area contributed by atoms with Gasteiger partial charge in [0.05, 0.1) is 6.61 Å². The Hall–Kier alpha value is -1.09. The summed E-state index contributed by atoms with van der Waals surface area (Å²) in [6.07, 6.45) is 1.89. The maximum Gasteiger partial charge on any atom is 0.252 e. The van der Waals surface area contributed by atoms with Crippen molar-refractivity contribution in [1.29, 1.82) is 0 Å². The van der Waals surface area contributed by atoms with Crippen LogP contribution in [0.15, 0.2) is 18.2 Å². The third kappa shape index (κ3) is 3.88. The zero-order chi connectivity index (χ0) is 11.3. The molecule has 0 heterocycles. The fourth-order valence-electron chi connectivity index (χ4n) is 1.09. The second-order valence-corrected chi connectivity index (χ2v) is 3.49. The molecule has 0 saturated carbocycles. The first-order chi connectivity index (χ1) is 7.13. The number of rotatable bonds is 5. The zero-order valence-corrected chi connectivity index (χ0v) is 9.18. The van der Waals surface area contributed by atoms with E-state index in [-0.39, 0.29) is 5.56 Å². The third-order valence-electron chi connectivity index (χ3n) is 1.86. The lowest BCUT2D eigenvalue weighted by molar-refractivity contribution is 0.108. The van der Waals surface area contributed by atoms with Gasteiger partial charge in [0.1, 0.15) is 11.6 Å². The summed E-state index contributed by atoms with van der Waals surface area (Å²) in [7, 11) is 0. The first-order valence-corrected chi connectivity index (χ1v) is 5.14. The van der Waals surface area contributed by atoms with Gasteiger partial charge in [-0.15, -0.1) is 0 Å². The van der Waals surface area contributed by atoms with Gasteiger partial charge in [0.25, 0.3) is 5.24 Å². The van der Waals surface area contributed by atoms with Crippen LogP contribution in [0.1, 0.15) is 30.1 Å². The van der Waals surface area contributed by atoms with Gasteiger partial charge in [0.15, 0.2) is 0 Å². The van der Waals surface area contributed by atoms with Crippen molar-refractivity contribution in [2.24, 2.45) is 0 Å². The number of hydrogen-bond donors (Lipinski definition) is 0. The lowest BCUT2D eigenvalue weighted by Gasteiger charge is -2.06. The Balaban J connectivity index is 2.75. The maximum atomic E-state index is 13.0. The molecule has 0 N–H and O–H groups in total. The number of halogens is 2. The van der Waals surface area contributed by atoms with E-state index in [9.17, 15) is 9.18 Å². The standard InChI is InChI=1S/C11H12ClFO2/c1-2-3-4-15-10-6-8(11(12)14)5-9(13)7-10/h5-7H,2-4H2,1H3. The summed E-state index contributed by atoms with van der Waals surface area (Å²) in [5.74, 6) is -0.180. The van der Waals surface area contributed by atoms with Crippen LogP contribution in [0.3, 0.4) is 0 Å². The van der Waals surface area contributed by atoms with Crippen molar-refractivity contribution in [3.8, 4) is 5.75 Å². The minimum atomic E-state index is -0.685. The molecule has 15 heavy (non-hydrogen) atoms. The largest absolute Gasteiger partial charge is 0.493 e. The minimum absolute atomic E-state index is 0.114. The monoisotopic (exact) mass is 230 g/mol. The number of benzene rings is 1. The maximum absolute atomic E-state index is 13.0. The molecule has 1 rings (SSSR count). The van der Waals surface area contributed by atoms with Crippen LogP contribution >= 0.6 is 11.6 Å². The molecule has 0 aliphatic heterocycles. The highest BCUT2D eigenvalue weighted by Gasteiger charge is 2.06. The molecule has 0 spiro atoms. The molecular weight excluding hydrogens is 219 g/mol. The second kappa shape index (κ2) is 5.71. The summed E-state index contributed by atoms with van der Waals surface area (Å²) in [6.45, 7) is 2.54. The van der Waals surface area contributed by atoms with Crippen molar-refractivity contribution in [3.63, 3.8) is 0 Å². The Labute approximate surface area is 93.0 Å². The normalized spacial score (nSPS) is 10.1. The molecule has 1 aromatic carbocycles. The molecule has 4 heteroatoms. The molecule has 0 unspecified atom stereocenters. The Morgan fingerprint density at radius 3 is 2.80 bits per heavy atom. The topological polar surface area (TPSA) is 26.3 Å². The summed E-state index contributed by atoms with van der Waals surface area (Å²) in [6, 6.07) is 3.76. The van der Waals surface area contributed by atoms with Gasteiger partial charge in [0, 0.05) is 11.6 Å². The third-order valence-corrected chi connectivity index (χ3v) is 2.08. The average Bonchev–Trinajstić information content (AvgIpc) is 2.17. The molecule has 0 radical (unpaired) electrons. The van der Waals surface area contributed by atoms with E-state index >= 15 is 0 Å². The highest BCUT2D eigenvalue weighted by Crippen LogP contribution is 2.18. The van der Waals surface area contributed by atoms with E-state index in [4.69, 9.17) is 16.3 Å². The van der Waals surface area contributed by atoms with Gasteiger partial charge in [-0.05, 0) is 30.2 Å². The Morgan fingerprint density at radius 2 is 2.20 bits per heavy atom. The fourth-order valence-corrected chi connectivity index (χ4v) is 1.20. The highest BCUT2D eigenvalue weighted by molar-refractivity contribution is 6.67. The van der Waals surface area contributed by atoms with Crippen LogP contribution in [0.2, 0.25) is 0 Å². The molecule has 0 saturated heterocycles. The van der Waals surface area contributed by atoms with Crippen LogP contribution in [0.25, 0.3) is 0 Å². The molecule has 1 aromatic rings. The van der Waals surface area contributed by atoms with E-state index in [1.54, 1.807) is 0 Å². The van der Waals surface area contributed by atoms with Crippen molar-refractivity contribution in [2.75, 3.05) is 6.61 Å². The molecular formula is C11H12ClFO2.